The lowest BCUT2D eigenvalue weighted by atomic mass is 9.97. The van der Waals surface area contributed by atoms with Crippen molar-refractivity contribution in [3.63, 3.8) is 0 Å². The summed E-state index contributed by atoms with van der Waals surface area (Å²) in [4.78, 5) is 31.8. The predicted molar refractivity (Wildman–Crippen MR) is 176 cm³/mol. The minimum absolute atomic E-state index is 0.225. The molecular formula is C34H33BrN2O7S. The Balaban J connectivity index is 1.56. The van der Waals surface area contributed by atoms with E-state index in [9.17, 15) is 9.59 Å². The Labute approximate surface area is 273 Å². The first-order chi connectivity index (χ1) is 21.8. The van der Waals surface area contributed by atoms with Gasteiger partial charge in [-0.25, -0.2) is 9.79 Å². The summed E-state index contributed by atoms with van der Waals surface area (Å²) in [5.41, 5.74) is 3.49. The molecule has 5 rings (SSSR count). The molecule has 1 aromatic heterocycles. The van der Waals surface area contributed by atoms with Crippen molar-refractivity contribution in [2.45, 2.75) is 33.4 Å². The predicted octanol–water partition coefficient (Wildman–Crippen LogP) is 5.47. The van der Waals surface area contributed by atoms with E-state index in [2.05, 4.69) is 20.9 Å². The van der Waals surface area contributed by atoms with Crippen molar-refractivity contribution in [3.8, 4) is 23.0 Å². The topological polar surface area (TPSA) is 97.6 Å². The van der Waals surface area contributed by atoms with E-state index in [0.29, 0.717) is 62.2 Å². The van der Waals surface area contributed by atoms with Crippen LogP contribution in [0.25, 0.3) is 6.08 Å². The van der Waals surface area contributed by atoms with E-state index in [0.717, 1.165) is 11.1 Å². The van der Waals surface area contributed by atoms with Crippen LogP contribution in [0.1, 0.15) is 42.1 Å². The maximum atomic E-state index is 14.0. The van der Waals surface area contributed by atoms with Crippen molar-refractivity contribution in [2.24, 2.45) is 4.99 Å². The zero-order valence-corrected chi connectivity index (χ0v) is 28.0. The number of carbonyl (C=O) groups is 1. The summed E-state index contributed by atoms with van der Waals surface area (Å²) in [6, 6.07) is 16.4. The highest BCUT2D eigenvalue weighted by Gasteiger charge is 2.31. The number of hydrogen-bond donors (Lipinski definition) is 0. The summed E-state index contributed by atoms with van der Waals surface area (Å²) in [5.74, 6) is 1.57. The van der Waals surface area contributed by atoms with Gasteiger partial charge in [0.25, 0.3) is 5.56 Å². The molecule has 0 aliphatic carbocycles. The van der Waals surface area contributed by atoms with Crippen LogP contribution in [0.5, 0.6) is 23.0 Å². The second kappa shape index (κ2) is 14.2. The molecule has 0 saturated carbocycles. The number of hydrogen-bond acceptors (Lipinski definition) is 9. The molecule has 234 valence electrons. The number of benzene rings is 3. The van der Waals surface area contributed by atoms with Gasteiger partial charge in [0.1, 0.15) is 6.61 Å². The fourth-order valence-corrected chi connectivity index (χ4v) is 6.49. The van der Waals surface area contributed by atoms with Gasteiger partial charge >= 0.3 is 5.97 Å². The Morgan fingerprint density at radius 3 is 2.40 bits per heavy atom. The standard InChI is InChI=1S/C34H33BrN2O7S/c1-6-42-26-13-12-23(17-27(26)43-7-2)30-24(33(39)41-5)18-36-34-37(30)32(38)29(45-34)16-22-14-25(35)31(28(15-22)40-4)44-19-21-10-8-20(3)9-11-21/h8-18,30H,6-7,19H2,1-5H3/b29-16-/t30-/m1/s1. The Kier molecular flexibility index (Phi) is 10.1. The van der Waals surface area contributed by atoms with Crippen LogP contribution >= 0.6 is 27.3 Å². The van der Waals surface area contributed by atoms with E-state index in [-0.39, 0.29) is 11.1 Å². The van der Waals surface area contributed by atoms with Crippen LogP contribution in [-0.4, -0.2) is 38.0 Å². The summed E-state index contributed by atoms with van der Waals surface area (Å²) in [6.07, 6.45) is 3.23. The molecule has 3 aromatic carbocycles. The van der Waals surface area contributed by atoms with Crippen LogP contribution in [0, 0.1) is 6.92 Å². The zero-order chi connectivity index (χ0) is 32.1. The second-order valence-electron chi connectivity index (χ2n) is 10.1. The summed E-state index contributed by atoms with van der Waals surface area (Å²) >= 11 is 4.84. The van der Waals surface area contributed by atoms with E-state index in [1.807, 2.05) is 63.2 Å². The van der Waals surface area contributed by atoms with Crippen LogP contribution in [0.2, 0.25) is 0 Å². The Bertz CT molecular complexity index is 1930. The molecule has 1 aliphatic heterocycles. The number of esters is 1. The Hall–Kier alpha value is -4.35. The molecule has 0 unspecified atom stereocenters. The molecule has 0 spiro atoms. The zero-order valence-electron chi connectivity index (χ0n) is 25.6. The molecule has 9 nitrogen and oxygen atoms in total. The number of methoxy groups -OCH3 is 2. The number of halogens is 1. The molecule has 4 aromatic rings. The highest BCUT2D eigenvalue weighted by atomic mass is 79.9. The SMILES string of the molecule is CCOc1ccc([C@@H]2C(C(=O)OC)=CN=c3s/c(=C\c4cc(Br)c(OCc5ccc(C)cc5)c(OC)c4)c(=O)n32)cc1OCC. The molecule has 1 atom stereocenters. The first-order valence-corrected chi connectivity index (χ1v) is 15.9. The number of ether oxygens (including phenoxy) is 5. The van der Waals surface area contributed by atoms with Gasteiger partial charge < -0.3 is 23.7 Å². The monoisotopic (exact) mass is 692 g/mol. The van der Waals surface area contributed by atoms with Gasteiger partial charge in [-0.05, 0) is 83.7 Å². The molecule has 0 saturated heterocycles. The molecule has 0 amide bonds. The fraction of sp³-hybridized carbons (Fsp3) is 0.265. The maximum Gasteiger partial charge on any atom is 0.337 e. The number of nitrogens with zero attached hydrogens (tertiary/aromatic N) is 2. The van der Waals surface area contributed by atoms with E-state index in [1.165, 1.54) is 34.8 Å². The number of aryl methyl sites for hydroxylation is 1. The molecule has 0 fully saturated rings. The van der Waals surface area contributed by atoms with Gasteiger partial charge in [-0.3, -0.25) is 9.36 Å². The normalized spacial score (nSPS) is 14.2. The van der Waals surface area contributed by atoms with Gasteiger partial charge in [-0.2, -0.15) is 0 Å². The van der Waals surface area contributed by atoms with Gasteiger partial charge in [0.05, 0.1) is 48.1 Å². The lowest BCUT2D eigenvalue weighted by Gasteiger charge is -2.23. The maximum absolute atomic E-state index is 14.0. The van der Waals surface area contributed by atoms with Crippen molar-refractivity contribution in [3.05, 3.63) is 113 Å². The van der Waals surface area contributed by atoms with Crippen molar-refractivity contribution in [2.75, 3.05) is 27.4 Å². The van der Waals surface area contributed by atoms with Gasteiger partial charge in [0.15, 0.2) is 27.8 Å². The summed E-state index contributed by atoms with van der Waals surface area (Å²) in [5, 5.41) is 0. The van der Waals surface area contributed by atoms with Crippen LogP contribution < -0.4 is 33.8 Å². The molecule has 11 heteroatoms. The van der Waals surface area contributed by atoms with Crippen molar-refractivity contribution >= 4 is 39.3 Å². The largest absolute Gasteiger partial charge is 0.493 e. The third-order valence-electron chi connectivity index (χ3n) is 7.06. The van der Waals surface area contributed by atoms with Crippen molar-refractivity contribution < 1.29 is 28.5 Å². The third-order valence-corrected chi connectivity index (χ3v) is 8.65. The summed E-state index contributed by atoms with van der Waals surface area (Å²) < 4.78 is 31.0. The summed E-state index contributed by atoms with van der Waals surface area (Å²) in [7, 11) is 2.87. The van der Waals surface area contributed by atoms with Crippen LogP contribution in [0.15, 0.2) is 80.6 Å². The molecule has 0 radical (unpaired) electrons. The van der Waals surface area contributed by atoms with E-state index >= 15 is 0 Å². The van der Waals surface area contributed by atoms with Crippen LogP contribution in [0.3, 0.4) is 0 Å². The minimum atomic E-state index is -0.787. The smallest absolute Gasteiger partial charge is 0.337 e. The quantitative estimate of drug-likeness (QED) is 0.192. The second-order valence-corrected chi connectivity index (χ2v) is 11.9. The van der Waals surface area contributed by atoms with Gasteiger partial charge in [-0.15, -0.1) is 0 Å². The van der Waals surface area contributed by atoms with Crippen LogP contribution in [-0.2, 0) is 16.1 Å². The van der Waals surface area contributed by atoms with E-state index in [1.54, 1.807) is 25.3 Å². The number of thiazole rings is 1. The molecule has 2 heterocycles. The first-order valence-electron chi connectivity index (χ1n) is 14.3. The van der Waals surface area contributed by atoms with Crippen molar-refractivity contribution in [1.82, 2.24) is 4.57 Å². The summed E-state index contributed by atoms with van der Waals surface area (Å²) in [6.45, 7) is 7.05. The minimum Gasteiger partial charge on any atom is -0.493 e. The average molecular weight is 694 g/mol. The molecule has 1 aliphatic rings. The third kappa shape index (κ3) is 6.84. The van der Waals surface area contributed by atoms with Gasteiger partial charge in [-0.1, -0.05) is 47.2 Å². The van der Waals surface area contributed by atoms with E-state index < -0.39 is 12.0 Å². The highest BCUT2D eigenvalue weighted by Crippen LogP contribution is 2.38. The van der Waals surface area contributed by atoms with E-state index in [4.69, 9.17) is 23.7 Å². The Morgan fingerprint density at radius 1 is 0.978 bits per heavy atom. The van der Waals surface area contributed by atoms with Gasteiger partial charge in [0, 0.05) is 6.20 Å². The Morgan fingerprint density at radius 2 is 1.71 bits per heavy atom. The van der Waals surface area contributed by atoms with Crippen LogP contribution in [0.4, 0.5) is 0 Å². The lowest BCUT2D eigenvalue weighted by Crippen LogP contribution is -2.39. The average Bonchev–Trinajstić information content (AvgIpc) is 3.35. The first kappa shape index (κ1) is 32.1. The number of carbonyl (C=O) groups excluding carboxylic acids is 1. The molecule has 45 heavy (non-hydrogen) atoms. The number of fused-ring (bicyclic) bond motifs is 1. The molecule has 0 N–H and O–H groups in total. The lowest BCUT2D eigenvalue weighted by molar-refractivity contribution is -0.136. The number of aromatic nitrogens is 1. The molecular weight excluding hydrogens is 660 g/mol. The number of rotatable bonds is 11. The highest BCUT2D eigenvalue weighted by molar-refractivity contribution is 9.10. The van der Waals surface area contributed by atoms with Gasteiger partial charge in [0.2, 0.25) is 0 Å². The fourth-order valence-electron chi connectivity index (χ4n) is 4.94. The molecule has 0 bridgehead atoms. The van der Waals surface area contributed by atoms with Crippen molar-refractivity contribution in [1.29, 1.82) is 0 Å².